The summed E-state index contributed by atoms with van der Waals surface area (Å²) in [5.74, 6) is -0.636. The molecule has 0 aliphatic heterocycles. The molecular weight excluding hydrogens is 335 g/mol. The second-order valence-corrected chi connectivity index (χ2v) is 6.59. The molecule has 0 aromatic heterocycles. The van der Waals surface area contributed by atoms with Gasteiger partial charge >= 0.3 is 0 Å². The van der Waals surface area contributed by atoms with Crippen LogP contribution >= 0.6 is 23.8 Å². The topological polar surface area (TPSA) is 72.2 Å². The molecule has 0 radical (unpaired) electrons. The van der Waals surface area contributed by atoms with Crippen LogP contribution in [0.4, 0.5) is 10.1 Å². The van der Waals surface area contributed by atoms with E-state index in [-0.39, 0.29) is 26.2 Å². The van der Waals surface area contributed by atoms with E-state index in [1.54, 1.807) is 12.1 Å². The second kappa shape index (κ2) is 5.97. The number of nitrogens with one attached hydrogen (secondary N) is 1. The van der Waals surface area contributed by atoms with Gasteiger partial charge in [-0.25, -0.2) is 12.8 Å². The monoisotopic (exact) mass is 344 g/mol. The zero-order chi connectivity index (χ0) is 15.6. The van der Waals surface area contributed by atoms with Crippen molar-refractivity contribution < 1.29 is 12.8 Å². The molecule has 0 spiro atoms. The van der Waals surface area contributed by atoms with Crippen molar-refractivity contribution in [2.45, 2.75) is 4.90 Å². The predicted octanol–water partition coefficient (Wildman–Crippen LogP) is 2.91. The summed E-state index contributed by atoms with van der Waals surface area (Å²) in [7, 11) is -3.92. The van der Waals surface area contributed by atoms with Crippen LogP contribution in [-0.2, 0) is 10.0 Å². The van der Waals surface area contributed by atoms with Gasteiger partial charge in [0, 0.05) is 5.56 Å². The average Bonchev–Trinajstić information content (AvgIpc) is 2.42. The van der Waals surface area contributed by atoms with Crippen molar-refractivity contribution in [1.29, 1.82) is 0 Å². The van der Waals surface area contributed by atoms with Crippen LogP contribution in [0.15, 0.2) is 47.4 Å². The van der Waals surface area contributed by atoms with Crippen molar-refractivity contribution >= 4 is 44.5 Å². The van der Waals surface area contributed by atoms with E-state index in [1.165, 1.54) is 24.3 Å². The minimum atomic E-state index is -3.92. The van der Waals surface area contributed by atoms with Crippen LogP contribution in [0.1, 0.15) is 5.56 Å². The van der Waals surface area contributed by atoms with Crippen molar-refractivity contribution in [3.05, 3.63) is 58.9 Å². The lowest BCUT2D eigenvalue weighted by Crippen LogP contribution is -2.19. The SMILES string of the molecule is NC(=S)c1ccccc1S(=O)(=O)Nc1ccc(F)c(Cl)c1. The fourth-order valence-electron chi connectivity index (χ4n) is 1.67. The standard InChI is InChI=1S/C13H10ClFN2O2S2/c14-10-7-8(5-6-11(10)15)17-21(18,19)12-4-2-1-3-9(12)13(16)20/h1-7,17H,(H2,16,20). The molecule has 0 saturated carbocycles. The van der Waals surface area contributed by atoms with Crippen LogP contribution in [0.3, 0.4) is 0 Å². The first-order chi connectivity index (χ1) is 9.81. The molecule has 3 N–H and O–H groups in total. The highest BCUT2D eigenvalue weighted by molar-refractivity contribution is 7.93. The highest BCUT2D eigenvalue weighted by Gasteiger charge is 2.19. The third-order valence-corrected chi connectivity index (χ3v) is 4.56. The van der Waals surface area contributed by atoms with E-state index in [4.69, 9.17) is 29.6 Å². The normalized spacial score (nSPS) is 11.1. The van der Waals surface area contributed by atoms with Gasteiger partial charge in [-0.2, -0.15) is 0 Å². The first kappa shape index (κ1) is 15.7. The minimum Gasteiger partial charge on any atom is -0.389 e. The molecular formula is C13H10ClFN2O2S2. The molecule has 0 unspecified atom stereocenters. The van der Waals surface area contributed by atoms with Crippen molar-refractivity contribution in [3.63, 3.8) is 0 Å². The summed E-state index contributed by atoms with van der Waals surface area (Å²) in [6.07, 6.45) is 0. The van der Waals surface area contributed by atoms with E-state index < -0.39 is 15.8 Å². The molecule has 4 nitrogen and oxygen atoms in total. The molecule has 2 aromatic rings. The van der Waals surface area contributed by atoms with E-state index in [2.05, 4.69) is 4.72 Å². The quantitative estimate of drug-likeness (QED) is 0.836. The summed E-state index contributed by atoms with van der Waals surface area (Å²) in [5.41, 5.74) is 5.89. The first-order valence-corrected chi connectivity index (χ1v) is 7.95. The molecule has 110 valence electrons. The van der Waals surface area contributed by atoms with Gasteiger partial charge in [0.15, 0.2) is 0 Å². The molecule has 0 fully saturated rings. The highest BCUT2D eigenvalue weighted by Crippen LogP contribution is 2.23. The van der Waals surface area contributed by atoms with Crippen LogP contribution in [0, 0.1) is 5.82 Å². The van der Waals surface area contributed by atoms with Crippen LogP contribution in [0.5, 0.6) is 0 Å². The number of rotatable bonds is 4. The smallest absolute Gasteiger partial charge is 0.262 e. The van der Waals surface area contributed by atoms with Gasteiger partial charge < -0.3 is 5.73 Å². The van der Waals surface area contributed by atoms with Crippen LogP contribution in [0.25, 0.3) is 0 Å². The Labute approximate surface area is 131 Å². The molecule has 0 atom stereocenters. The fourth-order valence-corrected chi connectivity index (χ4v) is 3.37. The Morgan fingerprint density at radius 3 is 2.52 bits per heavy atom. The van der Waals surface area contributed by atoms with E-state index in [0.29, 0.717) is 0 Å². The Kier molecular flexibility index (Phi) is 4.46. The van der Waals surface area contributed by atoms with Gasteiger partial charge in [-0.3, -0.25) is 4.72 Å². The summed E-state index contributed by atoms with van der Waals surface area (Å²) in [6, 6.07) is 9.58. The number of benzene rings is 2. The minimum absolute atomic E-state index is 0.0342. The Hall–Kier alpha value is -1.70. The lowest BCUT2D eigenvalue weighted by atomic mass is 10.2. The predicted molar refractivity (Wildman–Crippen MR) is 84.5 cm³/mol. The number of thiocarbonyl (C=S) groups is 1. The van der Waals surface area contributed by atoms with E-state index in [9.17, 15) is 12.8 Å². The maximum Gasteiger partial charge on any atom is 0.262 e. The van der Waals surface area contributed by atoms with Crippen molar-refractivity contribution in [1.82, 2.24) is 0 Å². The first-order valence-electron chi connectivity index (χ1n) is 5.68. The molecule has 0 saturated heterocycles. The van der Waals surface area contributed by atoms with Crippen molar-refractivity contribution in [2.75, 3.05) is 4.72 Å². The van der Waals surface area contributed by atoms with Crippen LogP contribution in [-0.4, -0.2) is 13.4 Å². The molecule has 0 aliphatic carbocycles. The fraction of sp³-hybridized carbons (Fsp3) is 0. The Morgan fingerprint density at radius 1 is 1.24 bits per heavy atom. The number of hydrogen-bond donors (Lipinski definition) is 2. The van der Waals surface area contributed by atoms with Gasteiger partial charge in [0.2, 0.25) is 0 Å². The Balaban J connectivity index is 2.43. The van der Waals surface area contributed by atoms with Crippen molar-refractivity contribution in [2.24, 2.45) is 5.73 Å². The molecule has 0 aliphatic rings. The highest BCUT2D eigenvalue weighted by atomic mass is 35.5. The molecule has 21 heavy (non-hydrogen) atoms. The van der Waals surface area contributed by atoms with Gasteiger partial charge in [0.1, 0.15) is 10.8 Å². The molecule has 0 heterocycles. The van der Waals surface area contributed by atoms with E-state index in [0.717, 1.165) is 6.07 Å². The number of sulfonamides is 1. The summed E-state index contributed by atoms with van der Waals surface area (Å²) in [4.78, 5) is -0.0916. The number of anilines is 1. The molecule has 8 heteroatoms. The molecule has 0 bridgehead atoms. The molecule has 2 aromatic carbocycles. The summed E-state index contributed by atoms with van der Waals surface area (Å²) in [5, 5.41) is -0.183. The lowest BCUT2D eigenvalue weighted by molar-refractivity contribution is 0.601. The summed E-state index contributed by atoms with van der Waals surface area (Å²) in [6.45, 7) is 0. The third kappa shape index (κ3) is 3.49. The van der Waals surface area contributed by atoms with E-state index in [1.807, 2.05) is 0 Å². The zero-order valence-electron chi connectivity index (χ0n) is 10.5. The van der Waals surface area contributed by atoms with Crippen molar-refractivity contribution in [3.8, 4) is 0 Å². The zero-order valence-corrected chi connectivity index (χ0v) is 12.9. The Morgan fingerprint density at radius 2 is 1.90 bits per heavy atom. The maximum absolute atomic E-state index is 13.1. The number of nitrogens with two attached hydrogens (primary N) is 1. The Bertz CT molecular complexity index is 810. The molecule has 0 amide bonds. The average molecular weight is 345 g/mol. The summed E-state index contributed by atoms with van der Waals surface area (Å²) >= 11 is 10.5. The van der Waals surface area contributed by atoms with Gasteiger partial charge in [0.25, 0.3) is 10.0 Å². The van der Waals surface area contributed by atoms with Crippen LogP contribution in [0.2, 0.25) is 5.02 Å². The van der Waals surface area contributed by atoms with Gasteiger partial charge in [-0.05, 0) is 24.3 Å². The van der Waals surface area contributed by atoms with E-state index >= 15 is 0 Å². The number of hydrogen-bond acceptors (Lipinski definition) is 3. The van der Waals surface area contributed by atoms with Gasteiger partial charge in [0.05, 0.1) is 15.6 Å². The second-order valence-electron chi connectivity index (χ2n) is 4.09. The third-order valence-electron chi connectivity index (χ3n) is 2.61. The van der Waals surface area contributed by atoms with Gasteiger partial charge in [-0.1, -0.05) is 42.0 Å². The lowest BCUT2D eigenvalue weighted by Gasteiger charge is -2.11. The summed E-state index contributed by atoms with van der Waals surface area (Å²) < 4.78 is 40.1. The maximum atomic E-state index is 13.1. The van der Waals surface area contributed by atoms with Crippen LogP contribution < -0.4 is 10.5 Å². The molecule has 2 rings (SSSR count). The largest absolute Gasteiger partial charge is 0.389 e. The number of halogens is 2. The van der Waals surface area contributed by atoms with Gasteiger partial charge in [-0.15, -0.1) is 0 Å².